The molecule has 2 aromatic carbocycles. The molecule has 0 spiro atoms. The van der Waals surface area contributed by atoms with Gasteiger partial charge in [0.25, 0.3) is 0 Å². The van der Waals surface area contributed by atoms with Gasteiger partial charge in [-0.15, -0.1) is 5.10 Å². The lowest BCUT2D eigenvalue weighted by Crippen LogP contribution is -2.19. The maximum atomic E-state index is 12.4. The zero-order valence-corrected chi connectivity index (χ0v) is 17.5. The van der Waals surface area contributed by atoms with Crippen molar-refractivity contribution in [3.63, 3.8) is 0 Å². The standard InChI is InChI=1S/C19H15Cl2N3O4S/c1-2-27-16-7-11(9-22-24-19-23-17(25)10-29-19)3-6-15(16)28-18(26)13-5-4-12(20)8-14(13)21/h3-9H,2,10H2,1H3,(H,23,24,25). The van der Waals surface area contributed by atoms with Crippen LogP contribution in [0.2, 0.25) is 10.0 Å². The lowest BCUT2D eigenvalue weighted by atomic mass is 10.2. The van der Waals surface area contributed by atoms with E-state index < -0.39 is 5.97 Å². The Labute approximate surface area is 181 Å². The van der Waals surface area contributed by atoms with Gasteiger partial charge in [0, 0.05) is 5.02 Å². The molecular formula is C19H15Cl2N3O4S. The highest BCUT2D eigenvalue weighted by Gasteiger charge is 2.17. The highest BCUT2D eigenvalue weighted by atomic mass is 35.5. The summed E-state index contributed by atoms with van der Waals surface area (Å²) in [6.07, 6.45) is 1.50. The molecule has 1 N–H and O–H groups in total. The summed E-state index contributed by atoms with van der Waals surface area (Å²) in [6, 6.07) is 9.47. The molecule has 10 heteroatoms. The maximum Gasteiger partial charge on any atom is 0.345 e. The van der Waals surface area contributed by atoms with Crippen molar-refractivity contribution in [2.75, 3.05) is 12.4 Å². The number of rotatable bonds is 6. The molecule has 0 radical (unpaired) electrons. The van der Waals surface area contributed by atoms with Crippen molar-refractivity contribution in [3.8, 4) is 11.5 Å². The summed E-state index contributed by atoms with van der Waals surface area (Å²) in [6.45, 7) is 2.19. The van der Waals surface area contributed by atoms with Gasteiger partial charge in [0.05, 0.1) is 29.2 Å². The average molecular weight is 452 g/mol. The first-order chi connectivity index (χ1) is 14.0. The molecule has 1 fully saturated rings. The number of thioether (sulfide) groups is 1. The monoisotopic (exact) mass is 451 g/mol. The van der Waals surface area contributed by atoms with Crippen LogP contribution in [-0.2, 0) is 4.79 Å². The number of ether oxygens (including phenoxy) is 2. The van der Waals surface area contributed by atoms with Crippen molar-refractivity contribution in [2.24, 2.45) is 10.2 Å². The molecule has 1 amide bonds. The van der Waals surface area contributed by atoms with Crippen LogP contribution in [0.4, 0.5) is 0 Å². The zero-order chi connectivity index (χ0) is 20.8. The van der Waals surface area contributed by atoms with Crippen molar-refractivity contribution >= 4 is 58.2 Å². The van der Waals surface area contributed by atoms with Crippen LogP contribution < -0.4 is 14.8 Å². The summed E-state index contributed by atoms with van der Waals surface area (Å²) in [5.41, 5.74) is 0.868. The van der Waals surface area contributed by atoms with Crippen LogP contribution in [0, 0.1) is 0 Å². The van der Waals surface area contributed by atoms with E-state index >= 15 is 0 Å². The molecule has 3 rings (SSSR count). The molecule has 0 unspecified atom stereocenters. The number of amidine groups is 1. The number of hydrogen-bond acceptors (Lipinski definition) is 7. The number of esters is 1. The molecule has 150 valence electrons. The topological polar surface area (TPSA) is 89.3 Å². The Morgan fingerprint density at radius 1 is 1.24 bits per heavy atom. The van der Waals surface area contributed by atoms with E-state index in [0.29, 0.717) is 33.9 Å². The molecular weight excluding hydrogens is 437 g/mol. The minimum Gasteiger partial charge on any atom is -0.490 e. The third-order valence-corrected chi connectivity index (χ3v) is 4.97. The van der Waals surface area contributed by atoms with Crippen molar-refractivity contribution in [3.05, 3.63) is 57.6 Å². The van der Waals surface area contributed by atoms with Crippen LogP contribution in [0.15, 0.2) is 46.6 Å². The summed E-state index contributed by atoms with van der Waals surface area (Å²) in [7, 11) is 0. The van der Waals surface area contributed by atoms with E-state index in [4.69, 9.17) is 32.7 Å². The number of amides is 1. The van der Waals surface area contributed by atoms with Gasteiger partial charge in [0.2, 0.25) is 5.91 Å². The number of carbonyl (C=O) groups excluding carboxylic acids is 2. The molecule has 0 aliphatic carbocycles. The second-order valence-corrected chi connectivity index (χ2v) is 7.45. The maximum absolute atomic E-state index is 12.4. The van der Waals surface area contributed by atoms with Crippen molar-refractivity contribution in [2.45, 2.75) is 6.92 Å². The number of benzene rings is 2. The van der Waals surface area contributed by atoms with E-state index in [1.807, 2.05) is 6.92 Å². The van der Waals surface area contributed by atoms with E-state index in [0.717, 1.165) is 0 Å². The molecule has 1 saturated heterocycles. The van der Waals surface area contributed by atoms with Crippen LogP contribution in [-0.4, -0.2) is 35.6 Å². The zero-order valence-electron chi connectivity index (χ0n) is 15.1. The average Bonchev–Trinajstić information content (AvgIpc) is 3.09. The summed E-state index contributed by atoms with van der Waals surface area (Å²) in [5, 5.41) is 11.5. The Morgan fingerprint density at radius 2 is 2.07 bits per heavy atom. The van der Waals surface area contributed by atoms with Crippen LogP contribution in [0.5, 0.6) is 11.5 Å². The highest BCUT2D eigenvalue weighted by Crippen LogP contribution is 2.30. The lowest BCUT2D eigenvalue weighted by Gasteiger charge is -2.12. The third kappa shape index (κ3) is 5.72. The molecule has 0 saturated carbocycles. The molecule has 7 nitrogen and oxygen atoms in total. The Hall–Kier alpha value is -2.55. The van der Waals surface area contributed by atoms with Crippen molar-refractivity contribution in [1.29, 1.82) is 0 Å². The molecule has 1 heterocycles. The lowest BCUT2D eigenvalue weighted by molar-refractivity contribution is -0.116. The van der Waals surface area contributed by atoms with E-state index in [9.17, 15) is 9.59 Å². The van der Waals surface area contributed by atoms with E-state index in [1.165, 1.54) is 30.1 Å². The van der Waals surface area contributed by atoms with Crippen LogP contribution in [0.1, 0.15) is 22.8 Å². The third-order valence-electron chi connectivity index (χ3n) is 3.56. The predicted molar refractivity (Wildman–Crippen MR) is 115 cm³/mol. The Balaban J connectivity index is 1.77. The molecule has 0 bridgehead atoms. The van der Waals surface area contributed by atoms with Crippen molar-refractivity contribution in [1.82, 2.24) is 5.32 Å². The number of hydrogen-bond donors (Lipinski definition) is 1. The van der Waals surface area contributed by atoms with E-state index in [2.05, 4.69) is 15.5 Å². The summed E-state index contributed by atoms with van der Waals surface area (Å²) < 4.78 is 11.0. The Bertz CT molecular complexity index is 1010. The van der Waals surface area contributed by atoms with Gasteiger partial charge in [-0.3, -0.25) is 4.79 Å². The first-order valence-electron chi connectivity index (χ1n) is 8.44. The molecule has 29 heavy (non-hydrogen) atoms. The predicted octanol–water partition coefficient (Wildman–Crippen LogP) is 4.16. The fourth-order valence-corrected chi connectivity index (χ4v) is 3.41. The summed E-state index contributed by atoms with van der Waals surface area (Å²) in [4.78, 5) is 23.6. The minimum atomic E-state index is -0.630. The van der Waals surface area contributed by atoms with Crippen LogP contribution in [0.25, 0.3) is 0 Å². The normalized spacial score (nSPS) is 15.0. The molecule has 0 atom stereocenters. The van der Waals surface area contributed by atoms with Gasteiger partial charge >= 0.3 is 5.97 Å². The SMILES string of the molecule is CCOc1cc(C=NN=C2NC(=O)CS2)ccc1OC(=O)c1ccc(Cl)cc1Cl. The fraction of sp³-hybridized carbons (Fsp3) is 0.158. The minimum absolute atomic E-state index is 0.102. The first-order valence-corrected chi connectivity index (χ1v) is 10.2. The van der Waals surface area contributed by atoms with Gasteiger partial charge in [-0.25, -0.2) is 4.79 Å². The highest BCUT2D eigenvalue weighted by molar-refractivity contribution is 8.15. The molecule has 1 aliphatic heterocycles. The quantitative estimate of drug-likeness (QED) is 0.308. The number of halogens is 2. The van der Waals surface area contributed by atoms with Gasteiger partial charge in [0.1, 0.15) is 0 Å². The summed E-state index contributed by atoms with van der Waals surface area (Å²) >= 11 is 13.2. The second-order valence-electron chi connectivity index (χ2n) is 5.64. The Morgan fingerprint density at radius 3 is 2.76 bits per heavy atom. The molecule has 2 aromatic rings. The second kappa shape index (κ2) is 9.78. The smallest absolute Gasteiger partial charge is 0.345 e. The van der Waals surface area contributed by atoms with Crippen LogP contribution >= 0.6 is 35.0 Å². The molecule has 1 aliphatic rings. The van der Waals surface area contributed by atoms with E-state index in [1.54, 1.807) is 24.3 Å². The molecule has 0 aromatic heterocycles. The number of nitrogens with one attached hydrogen (secondary N) is 1. The van der Waals surface area contributed by atoms with Crippen LogP contribution in [0.3, 0.4) is 0 Å². The van der Waals surface area contributed by atoms with E-state index in [-0.39, 0.29) is 22.2 Å². The van der Waals surface area contributed by atoms with Gasteiger partial charge in [-0.2, -0.15) is 5.10 Å². The van der Waals surface area contributed by atoms with Crippen molar-refractivity contribution < 1.29 is 19.1 Å². The number of nitrogens with zero attached hydrogens (tertiary/aromatic N) is 2. The Kier molecular flexibility index (Phi) is 7.13. The number of carbonyl (C=O) groups is 2. The first kappa shape index (κ1) is 21.2. The largest absolute Gasteiger partial charge is 0.490 e. The van der Waals surface area contributed by atoms with Gasteiger partial charge in [-0.05, 0) is 48.9 Å². The van der Waals surface area contributed by atoms with Gasteiger partial charge < -0.3 is 14.8 Å². The van der Waals surface area contributed by atoms with Gasteiger partial charge in [0.15, 0.2) is 16.7 Å². The summed E-state index contributed by atoms with van der Waals surface area (Å²) in [5.74, 6) is 0.209. The van der Waals surface area contributed by atoms with Gasteiger partial charge in [-0.1, -0.05) is 35.0 Å². The fourth-order valence-electron chi connectivity index (χ4n) is 2.29.